The summed E-state index contributed by atoms with van der Waals surface area (Å²) in [5, 5.41) is 10.9. The molecule has 2 N–H and O–H groups in total. The molecule has 5 nitrogen and oxygen atoms in total. The Hall–Kier alpha value is -2.14. The zero-order chi connectivity index (χ0) is 15.1. The summed E-state index contributed by atoms with van der Waals surface area (Å²) in [4.78, 5) is 12.4. The van der Waals surface area contributed by atoms with Crippen LogP contribution in [-0.4, -0.2) is 33.9 Å². The summed E-state index contributed by atoms with van der Waals surface area (Å²) in [5.41, 5.74) is 3.27. The quantitative estimate of drug-likeness (QED) is 0.894. The number of hydrogen-bond acceptors (Lipinski definition) is 3. The van der Waals surface area contributed by atoms with E-state index in [9.17, 15) is 4.79 Å². The number of rotatable bonds is 2. The molecule has 2 saturated heterocycles. The van der Waals surface area contributed by atoms with E-state index in [-0.39, 0.29) is 12.1 Å². The number of carbonyl (C=O) groups is 1. The first-order chi connectivity index (χ1) is 10.7. The minimum absolute atomic E-state index is 0.140. The van der Waals surface area contributed by atoms with Gasteiger partial charge in [-0.1, -0.05) is 24.3 Å². The van der Waals surface area contributed by atoms with Crippen molar-refractivity contribution in [1.82, 2.24) is 20.4 Å². The van der Waals surface area contributed by atoms with E-state index in [0.29, 0.717) is 12.1 Å². The number of benzene rings is 1. The van der Waals surface area contributed by atoms with Gasteiger partial charge >= 0.3 is 6.03 Å². The molecule has 2 bridgehead atoms. The highest BCUT2D eigenvalue weighted by atomic mass is 16.2. The molecular weight excluding hydrogens is 276 g/mol. The molecule has 2 fully saturated rings. The van der Waals surface area contributed by atoms with Crippen LogP contribution < -0.4 is 10.6 Å². The first-order valence-corrected chi connectivity index (χ1v) is 7.88. The van der Waals surface area contributed by atoms with Crippen molar-refractivity contribution in [3.05, 3.63) is 42.2 Å². The van der Waals surface area contributed by atoms with E-state index in [0.717, 1.165) is 24.0 Å². The van der Waals surface area contributed by atoms with Crippen LogP contribution in [0.4, 0.5) is 4.79 Å². The molecule has 2 aliphatic heterocycles. The van der Waals surface area contributed by atoms with E-state index in [4.69, 9.17) is 0 Å². The molecular formula is C17H20N4O. The monoisotopic (exact) mass is 296 g/mol. The molecule has 0 radical (unpaired) electrons. The molecule has 1 amide bonds. The maximum atomic E-state index is 12.4. The van der Waals surface area contributed by atoms with Crippen molar-refractivity contribution in [3.8, 4) is 11.1 Å². The van der Waals surface area contributed by atoms with E-state index in [1.807, 2.05) is 12.1 Å². The average molecular weight is 296 g/mol. The summed E-state index contributed by atoms with van der Waals surface area (Å²) in [6, 6.07) is 9.23. The highest BCUT2D eigenvalue weighted by Crippen LogP contribution is 2.28. The van der Waals surface area contributed by atoms with Crippen molar-refractivity contribution in [1.29, 1.82) is 0 Å². The molecule has 114 valence electrons. The summed E-state index contributed by atoms with van der Waals surface area (Å²) >= 11 is 0. The minimum atomic E-state index is -0.140. The van der Waals surface area contributed by atoms with Crippen LogP contribution in [0.5, 0.6) is 0 Å². The highest BCUT2D eigenvalue weighted by molar-refractivity contribution is 5.78. The van der Waals surface area contributed by atoms with Gasteiger partial charge in [-0.25, -0.2) is 4.79 Å². The second kappa shape index (κ2) is 5.25. The number of nitrogens with zero attached hydrogens (tertiary/aromatic N) is 2. The Morgan fingerprint density at radius 1 is 1.36 bits per heavy atom. The Bertz CT molecular complexity index is 708. The lowest BCUT2D eigenvalue weighted by atomic mass is 9.96. The van der Waals surface area contributed by atoms with Gasteiger partial charge in [-0.3, -0.25) is 0 Å². The fourth-order valence-electron chi connectivity index (χ4n) is 3.68. The number of hydrogen-bond donors (Lipinski definition) is 2. The molecule has 4 rings (SSSR count). The van der Waals surface area contributed by atoms with Gasteiger partial charge in [0.1, 0.15) is 0 Å². The maximum Gasteiger partial charge on any atom is 0.342 e. The summed E-state index contributed by atoms with van der Waals surface area (Å²) in [6.07, 6.45) is 6.97. The van der Waals surface area contributed by atoms with E-state index >= 15 is 0 Å². The lowest BCUT2D eigenvalue weighted by molar-refractivity contribution is 0.233. The van der Waals surface area contributed by atoms with Crippen molar-refractivity contribution in [2.24, 2.45) is 0 Å². The molecule has 0 aliphatic carbocycles. The second-order valence-electron chi connectivity index (χ2n) is 6.33. The third-order valence-corrected chi connectivity index (χ3v) is 4.86. The fraction of sp³-hybridized carbons (Fsp3) is 0.412. The minimum Gasteiger partial charge on any atom is -0.332 e. The highest BCUT2D eigenvalue weighted by Gasteiger charge is 2.39. The SMILES string of the molecule is Cc1ccccc1-c1cnn(C(=O)NC2CC3CCC2N3)c1. The van der Waals surface area contributed by atoms with Crippen LogP contribution in [0.15, 0.2) is 36.7 Å². The van der Waals surface area contributed by atoms with Gasteiger partial charge in [0.05, 0.1) is 6.20 Å². The lowest BCUT2D eigenvalue weighted by Crippen LogP contribution is -2.44. The Kier molecular flexibility index (Phi) is 3.22. The zero-order valence-electron chi connectivity index (χ0n) is 12.6. The summed E-state index contributed by atoms with van der Waals surface area (Å²) < 4.78 is 1.41. The van der Waals surface area contributed by atoms with Crippen LogP contribution in [0.2, 0.25) is 0 Å². The van der Waals surface area contributed by atoms with Gasteiger partial charge in [-0.15, -0.1) is 0 Å². The van der Waals surface area contributed by atoms with Crippen LogP contribution in [0.25, 0.3) is 11.1 Å². The smallest absolute Gasteiger partial charge is 0.332 e. The van der Waals surface area contributed by atoms with Gasteiger partial charge in [0, 0.05) is 29.9 Å². The predicted octanol–water partition coefficient (Wildman–Crippen LogP) is 2.31. The molecule has 3 unspecified atom stereocenters. The molecule has 2 aromatic rings. The van der Waals surface area contributed by atoms with Crippen molar-refractivity contribution in [2.45, 2.75) is 44.3 Å². The first kappa shape index (κ1) is 13.5. The third kappa shape index (κ3) is 2.31. The summed E-state index contributed by atoms with van der Waals surface area (Å²) in [5.74, 6) is 0. The van der Waals surface area contributed by atoms with Gasteiger partial charge in [0.2, 0.25) is 0 Å². The Labute approximate surface area is 129 Å². The van der Waals surface area contributed by atoms with Crippen molar-refractivity contribution < 1.29 is 4.79 Å². The van der Waals surface area contributed by atoms with Gasteiger partial charge < -0.3 is 10.6 Å². The number of amides is 1. The Balaban J connectivity index is 1.49. The number of aryl methyl sites for hydroxylation is 1. The number of nitrogens with one attached hydrogen (secondary N) is 2. The van der Waals surface area contributed by atoms with Gasteiger partial charge in [0.15, 0.2) is 0 Å². The van der Waals surface area contributed by atoms with Crippen molar-refractivity contribution in [3.63, 3.8) is 0 Å². The molecule has 22 heavy (non-hydrogen) atoms. The second-order valence-corrected chi connectivity index (χ2v) is 6.33. The van der Waals surface area contributed by atoms with Crippen LogP contribution in [-0.2, 0) is 0 Å². The Morgan fingerprint density at radius 2 is 2.23 bits per heavy atom. The average Bonchev–Trinajstić information content (AvgIpc) is 3.24. The van der Waals surface area contributed by atoms with Crippen LogP contribution >= 0.6 is 0 Å². The van der Waals surface area contributed by atoms with E-state index in [1.165, 1.54) is 16.7 Å². The van der Waals surface area contributed by atoms with Crippen LogP contribution in [0, 0.1) is 6.92 Å². The molecule has 0 saturated carbocycles. The third-order valence-electron chi connectivity index (χ3n) is 4.86. The fourth-order valence-corrected chi connectivity index (χ4v) is 3.68. The van der Waals surface area contributed by atoms with E-state index < -0.39 is 0 Å². The van der Waals surface area contributed by atoms with Crippen molar-refractivity contribution >= 4 is 6.03 Å². The molecule has 3 heterocycles. The molecule has 3 atom stereocenters. The number of carbonyl (C=O) groups excluding carboxylic acids is 1. The van der Waals surface area contributed by atoms with E-state index in [1.54, 1.807) is 12.4 Å². The Morgan fingerprint density at radius 3 is 2.95 bits per heavy atom. The van der Waals surface area contributed by atoms with Crippen molar-refractivity contribution in [2.75, 3.05) is 0 Å². The van der Waals surface area contributed by atoms with Gasteiger partial charge in [-0.2, -0.15) is 9.78 Å². The molecule has 1 aromatic carbocycles. The molecule has 5 heteroatoms. The topological polar surface area (TPSA) is 59.0 Å². The standard InChI is InChI=1S/C17H20N4O/c1-11-4-2-3-5-14(11)12-9-18-21(10-12)17(22)20-16-8-13-6-7-15(16)19-13/h2-5,9-10,13,15-16,19H,6-8H2,1H3,(H,20,22). The zero-order valence-corrected chi connectivity index (χ0v) is 12.6. The van der Waals surface area contributed by atoms with Gasteiger partial charge in [-0.05, 0) is 37.3 Å². The van der Waals surface area contributed by atoms with Crippen LogP contribution in [0.1, 0.15) is 24.8 Å². The van der Waals surface area contributed by atoms with E-state index in [2.05, 4.69) is 34.8 Å². The maximum absolute atomic E-state index is 12.4. The molecule has 2 aliphatic rings. The molecule has 0 spiro atoms. The number of aromatic nitrogens is 2. The normalized spacial score (nSPS) is 26.3. The summed E-state index contributed by atoms with van der Waals surface area (Å²) in [6.45, 7) is 2.06. The molecule has 1 aromatic heterocycles. The predicted molar refractivity (Wildman–Crippen MR) is 84.7 cm³/mol. The van der Waals surface area contributed by atoms with Crippen LogP contribution in [0.3, 0.4) is 0 Å². The lowest BCUT2D eigenvalue weighted by Gasteiger charge is -2.21. The number of fused-ring (bicyclic) bond motifs is 2. The van der Waals surface area contributed by atoms with Gasteiger partial charge in [0.25, 0.3) is 0 Å². The largest absolute Gasteiger partial charge is 0.342 e. The first-order valence-electron chi connectivity index (χ1n) is 7.88. The summed E-state index contributed by atoms with van der Waals surface area (Å²) in [7, 11) is 0.